The summed E-state index contributed by atoms with van der Waals surface area (Å²) in [6.45, 7) is 0. The number of anilines is 1. The first-order valence-corrected chi connectivity index (χ1v) is 5.94. The molecule has 0 saturated heterocycles. The number of hydrogen-bond donors (Lipinski definition) is 2. The minimum atomic E-state index is -5.17. The number of nitrogens with one attached hydrogen (secondary N) is 1. The first kappa shape index (κ1) is 16.6. The molecule has 0 radical (unpaired) electrons. The van der Waals surface area contributed by atoms with Crippen molar-refractivity contribution in [2.75, 3.05) is 12.4 Å². The van der Waals surface area contributed by atoms with Crippen LogP contribution in [0.2, 0.25) is 5.02 Å². The van der Waals surface area contributed by atoms with E-state index in [4.69, 9.17) is 21.4 Å². The van der Waals surface area contributed by atoms with Crippen LogP contribution < -0.4 is 10.1 Å². The van der Waals surface area contributed by atoms with Gasteiger partial charge in [0.1, 0.15) is 0 Å². The Morgan fingerprint density at radius 3 is 2.40 bits per heavy atom. The molecule has 0 aromatic heterocycles. The second kappa shape index (κ2) is 5.88. The molecule has 0 aliphatic heterocycles. The van der Waals surface area contributed by atoms with E-state index in [0.29, 0.717) is 0 Å². The fourth-order valence-electron chi connectivity index (χ4n) is 1.27. The third-order valence-electron chi connectivity index (χ3n) is 2.11. The molecule has 0 atom stereocenters. The van der Waals surface area contributed by atoms with Crippen molar-refractivity contribution >= 4 is 45.1 Å². The number of carboxylic acids is 1. The molecule has 110 valence electrons. The Morgan fingerprint density at radius 1 is 1.45 bits per heavy atom. The van der Waals surface area contributed by atoms with Gasteiger partial charge in [0.15, 0.2) is 5.75 Å². The van der Waals surface area contributed by atoms with Gasteiger partial charge < -0.3 is 15.2 Å². The van der Waals surface area contributed by atoms with Crippen LogP contribution in [0.15, 0.2) is 10.5 Å². The van der Waals surface area contributed by atoms with Crippen LogP contribution in [-0.2, 0) is 4.79 Å². The highest BCUT2D eigenvalue weighted by atomic mass is 79.9. The number of ether oxygens (including phenoxy) is 1. The molecule has 1 rings (SSSR count). The lowest BCUT2D eigenvalue weighted by Gasteiger charge is -2.16. The highest BCUT2D eigenvalue weighted by Gasteiger charge is 2.40. The number of benzene rings is 1. The van der Waals surface area contributed by atoms with Crippen LogP contribution in [0.1, 0.15) is 10.4 Å². The Hall–Kier alpha value is -1.48. The van der Waals surface area contributed by atoms with E-state index in [0.717, 1.165) is 13.2 Å². The fraction of sp³-hybridized carbons (Fsp3) is 0.200. The number of carbonyl (C=O) groups excluding carboxylic acids is 1. The van der Waals surface area contributed by atoms with Gasteiger partial charge in [0.2, 0.25) is 0 Å². The van der Waals surface area contributed by atoms with Crippen molar-refractivity contribution in [3.05, 3.63) is 21.1 Å². The summed E-state index contributed by atoms with van der Waals surface area (Å²) in [5.41, 5.74) is -1.27. The van der Waals surface area contributed by atoms with E-state index in [1.807, 2.05) is 0 Å². The molecule has 0 spiro atoms. The molecule has 0 fully saturated rings. The van der Waals surface area contributed by atoms with Gasteiger partial charge in [-0.2, -0.15) is 13.2 Å². The molecule has 0 bridgehead atoms. The molecule has 0 aliphatic carbocycles. The van der Waals surface area contributed by atoms with Crippen molar-refractivity contribution in [1.82, 2.24) is 0 Å². The zero-order valence-electron chi connectivity index (χ0n) is 9.64. The first-order valence-electron chi connectivity index (χ1n) is 4.77. The standard InChI is InChI=1S/C10H6BrClF3NO4/c1-20-7-5(11)4(12)2-3(8(17)18)6(7)16-9(19)10(13,14)15/h2H,1H3,(H,16,19)(H,17,18). The lowest BCUT2D eigenvalue weighted by atomic mass is 10.1. The Bertz CT molecular complexity index is 577. The fourth-order valence-corrected chi connectivity index (χ4v) is 1.94. The van der Waals surface area contributed by atoms with Gasteiger partial charge >= 0.3 is 18.1 Å². The molecule has 1 amide bonds. The number of halogens is 5. The SMILES string of the molecule is COc1c(Br)c(Cl)cc(C(=O)O)c1NC(=O)C(F)(F)F. The van der Waals surface area contributed by atoms with Gasteiger partial charge in [-0.05, 0) is 22.0 Å². The number of amides is 1. The predicted octanol–water partition coefficient (Wildman–Crippen LogP) is 3.31. The maximum Gasteiger partial charge on any atom is 0.471 e. The van der Waals surface area contributed by atoms with Crippen LogP contribution in [0.4, 0.5) is 18.9 Å². The number of rotatable bonds is 3. The molecule has 5 nitrogen and oxygen atoms in total. The maximum absolute atomic E-state index is 12.2. The summed E-state index contributed by atoms with van der Waals surface area (Å²) in [7, 11) is 1.09. The Labute approximate surface area is 123 Å². The van der Waals surface area contributed by atoms with Gasteiger partial charge in [-0.15, -0.1) is 0 Å². The van der Waals surface area contributed by atoms with Crippen LogP contribution in [-0.4, -0.2) is 30.3 Å². The highest BCUT2D eigenvalue weighted by Crippen LogP contribution is 2.41. The highest BCUT2D eigenvalue weighted by molar-refractivity contribution is 9.10. The van der Waals surface area contributed by atoms with E-state index in [-0.39, 0.29) is 15.2 Å². The quantitative estimate of drug-likeness (QED) is 0.849. The zero-order chi connectivity index (χ0) is 15.7. The van der Waals surface area contributed by atoms with Crippen molar-refractivity contribution in [2.45, 2.75) is 6.18 Å². The average Bonchev–Trinajstić information content (AvgIpc) is 2.32. The molecule has 1 aromatic carbocycles. The second-order valence-corrected chi connectivity index (χ2v) is 4.59. The molecule has 0 aliphatic rings. The Kier molecular flexibility index (Phi) is 4.87. The molecular formula is C10H6BrClF3NO4. The van der Waals surface area contributed by atoms with Gasteiger partial charge in [-0.1, -0.05) is 11.6 Å². The number of carboxylic acid groups (broad SMARTS) is 1. The third kappa shape index (κ3) is 3.34. The lowest BCUT2D eigenvalue weighted by Crippen LogP contribution is -2.30. The first-order chi connectivity index (χ1) is 9.09. The smallest absolute Gasteiger partial charge is 0.471 e. The molecule has 2 N–H and O–H groups in total. The number of methoxy groups -OCH3 is 1. The van der Waals surface area contributed by atoms with Gasteiger partial charge in [0, 0.05) is 0 Å². The van der Waals surface area contributed by atoms with Crippen molar-refractivity contribution in [3.8, 4) is 5.75 Å². The van der Waals surface area contributed by atoms with Crippen LogP contribution in [0, 0.1) is 0 Å². The normalized spacial score (nSPS) is 11.1. The minimum Gasteiger partial charge on any atom is -0.493 e. The summed E-state index contributed by atoms with van der Waals surface area (Å²) in [6.07, 6.45) is -5.17. The molecular weight excluding hydrogens is 370 g/mol. The zero-order valence-corrected chi connectivity index (χ0v) is 12.0. The van der Waals surface area contributed by atoms with E-state index in [1.54, 1.807) is 0 Å². The van der Waals surface area contributed by atoms with Gasteiger partial charge in [-0.25, -0.2) is 4.79 Å². The van der Waals surface area contributed by atoms with E-state index in [1.165, 1.54) is 5.32 Å². The summed E-state index contributed by atoms with van der Waals surface area (Å²) in [6, 6.07) is 0.891. The summed E-state index contributed by atoms with van der Waals surface area (Å²) in [4.78, 5) is 22.0. The molecule has 10 heteroatoms. The molecule has 1 aromatic rings. The van der Waals surface area contributed by atoms with Crippen molar-refractivity contribution < 1.29 is 32.6 Å². The van der Waals surface area contributed by atoms with E-state index >= 15 is 0 Å². The van der Waals surface area contributed by atoms with Crippen molar-refractivity contribution in [1.29, 1.82) is 0 Å². The van der Waals surface area contributed by atoms with Gasteiger partial charge in [-0.3, -0.25) is 4.79 Å². The predicted molar refractivity (Wildman–Crippen MR) is 67.3 cm³/mol. The molecule has 0 heterocycles. The van der Waals surface area contributed by atoms with Crippen LogP contribution in [0.5, 0.6) is 5.75 Å². The lowest BCUT2D eigenvalue weighted by molar-refractivity contribution is -0.167. The van der Waals surface area contributed by atoms with E-state index in [2.05, 4.69) is 15.9 Å². The third-order valence-corrected chi connectivity index (χ3v) is 3.42. The summed E-state index contributed by atoms with van der Waals surface area (Å²) in [5, 5.41) is 10.3. The van der Waals surface area contributed by atoms with Crippen LogP contribution in [0.25, 0.3) is 0 Å². The van der Waals surface area contributed by atoms with Crippen LogP contribution in [0.3, 0.4) is 0 Å². The largest absolute Gasteiger partial charge is 0.493 e. The van der Waals surface area contributed by atoms with E-state index in [9.17, 15) is 22.8 Å². The van der Waals surface area contributed by atoms with Gasteiger partial charge in [0.05, 0.1) is 27.9 Å². The number of alkyl halides is 3. The van der Waals surface area contributed by atoms with Crippen LogP contribution >= 0.6 is 27.5 Å². The minimum absolute atomic E-state index is 0.0177. The molecule has 20 heavy (non-hydrogen) atoms. The monoisotopic (exact) mass is 375 g/mol. The van der Waals surface area contributed by atoms with Crippen molar-refractivity contribution in [3.63, 3.8) is 0 Å². The molecule has 0 saturated carbocycles. The maximum atomic E-state index is 12.2. The van der Waals surface area contributed by atoms with E-state index < -0.39 is 29.3 Å². The number of hydrogen-bond acceptors (Lipinski definition) is 3. The number of aromatic carboxylic acids is 1. The van der Waals surface area contributed by atoms with Crippen molar-refractivity contribution in [2.24, 2.45) is 0 Å². The number of carbonyl (C=O) groups is 2. The topological polar surface area (TPSA) is 75.6 Å². The summed E-state index contributed by atoms with van der Waals surface area (Å²) >= 11 is 8.65. The Morgan fingerprint density at radius 2 is 2.00 bits per heavy atom. The summed E-state index contributed by atoms with van der Waals surface area (Å²) in [5.74, 6) is -4.23. The Balaban J connectivity index is 3.46. The second-order valence-electron chi connectivity index (χ2n) is 3.39. The van der Waals surface area contributed by atoms with Gasteiger partial charge in [0.25, 0.3) is 0 Å². The summed E-state index contributed by atoms with van der Waals surface area (Å²) < 4.78 is 41.5. The average molecular weight is 377 g/mol. The molecule has 0 unspecified atom stereocenters.